The van der Waals surface area contributed by atoms with Gasteiger partial charge < -0.3 is 24.9 Å². The molecule has 0 radical (unpaired) electrons. The van der Waals surface area contributed by atoms with Crippen molar-refractivity contribution in [1.29, 1.82) is 0 Å². The normalized spacial score (nSPS) is 24.2. The highest BCUT2D eigenvalue weighted by atomic mass is 32.2. The van der Waals surface area contributed by atoms with E-state index in [-0.39, 0.29) is 46.9 Å². The fourth-order valence-corrected chi connectivity index (χ4v) is 9.41. The molecule has 0 aromatic heterocycles. The molecular weight excluding hydrogens is 640 g/mol. The fourth-order valence-electron chi connectivity index (χ4n) is 7.92. The zero-order valence-electron chi connectivity index (χ0n) is 29.2. The molecule has 1 saturated carbocycles. The highest BCUT2D eigenvalue weighted by molar-refractivity contribution is 8.01. The van der Waals surface area contributed by atoms with Crippen LogP contribution in [0.5, 0.6) is 0 Å². The van der Waals surface area contributed by atoms with E-state index in [0.717, 1.165) is 55.8 Å². The lowest BCUT2D eigenvalue weighted by Gasteiger charge is -2.38. The van der Waals surface area contributed by atoms with E-state index in [0.29, 0.717) is 50.7 Å². The number of piperazine rings is 1. The first-order valence-electron chi connectivity index (χ1n) is 18.2. The van der Waals surface area contributed by atoms with Crippen molar-refractivity contribution in [2.45, 2.75) is 88.4 Å². The van der Waals surface area contributed by atoms with Crippen LogP contribution in [0.2, 0.25) is 0 Å². The number of nitrogens with zero attached hydrogens (tertiary/aromatic N) is 5. The van der Waals surface area contributed by atoms with E-state index in [1.54, 1.807) is 6.07 Å². The number of urea groups is 1. The zero-order valence-corrected chi connectivity index (χ0v) is 30.0. The number of carbonyl (C=O) groups excluding carboxylic acids is 3. The Morgan fingerprint density at radius 1 is 0.898 bits per heavy atom. The van der Waals surface area contributed by atoms with Gasteiger partial charge in [-0.3, -0.25) is 14.5 Å². The van der Waals surface area contributed by atoms with Crippen molar-refractivity contribution >= 4 is 41.0 Å². The summed E-state index contributed by atoms with van der Waals surface area (Å²) in [5.41, 5.74) is 3.48. The molecule has 11 heteroatoms. The van der Waals surface area contributed by atoms with Crippen molar-refractivity contribution in [3.05, 3.63) is 59.4 Å². The van der Waals surface area contributed by atoms with Crippen LogP contribution in [0.3, 0.4) is 0 Å². The molecule has 2 unspecified atom stereocenters. The van der Waals surface area contributed by atoms with Crippen LogP contribution in [0.1, 0.15) is 75.8 Å². The number of halogens is 1. The van der Waals surface area contributed by atoms with Crippen LogP contribution < -0.4 is 10.2 Å². The molecule has 2 atom stereocenters. The Kier molecular flexibility index (Phi) is 9.85. The summed E-state index contributed by atoms with van der Waals surface area (Å²) in [5.74, 6) is -0.299. The second-order valence-corrected chi connectivity index (χ2v) is 16.9. The van der Waals surface area contributed by atoms with E-state index < -0.39 is 5.25 Å². The van der Waals surface area contributed by atoms with Gasteiger partial charge in [-0.25, -0.2) is 9.18 Å². The lowest BCUT2D eigenvalue weighted by atomic mass is 9.92. The van der Waals surface area contributed by atoms with E-state index in [1.165, 1.54) is 30.7 Å². The van der Waals surface area contributed by atoms with Crippen molar-refractivity contribution < 1.29 is 18.8 Å². The van der Waals surface area contributed by atoms with Crippen LogP contribution in [-0.4, -0.2) is 107 Å². The Hall–Kier alpha value is -3.31. The molecule has 264 valence electrons. The second kappa shape index (κ2) is 14.1. The third-order valence-electron chi connectivity index (χ3n) is 11.0. The van der Waals surface area contributed by atoms with Gasteiger partial charge in [0, 0.05) is 82.1 Å². The fraction of sp³-hybridized carbons (Fsp3) is 0.605. The van der Waals surface area contributed by atoms with Gasteiger partial charge in [0.15, 0.2) is 0 Å². The average Bonchev–Trinajstić information content (AvgIpc) is 3.91. The minimum atomic E-state index is -0.520. The maximum Gasteiger partial charge on any atom is 0.322 e. The molecular formula is C38H51FN6O3S. The molecule has 2 aromatic rings. The molecule has 4 heterocycles. The molecule has 3 saturated heterocycles. The molecule has 2 aromatic carbocycles. The third-order valence-corrected chi connectivity index (χ3v) is 12.4. The van der Waals surface area contributed by atoms with Crippen LogP contribution in [0, 0.1) is 11.2 Å². The van der Waals surface area contributed by atoms with Gasteiger partial charge in [0.1, 0.15) is 11.2 Å². The van der Waals surface area contributed by atoms with Crippen molar-refractivity contribution in [2.75, 3.05) is 62.6 Å². The predicted molar refractivity (Wildman–Crippen MR) is 193 cm³/mol. The summed E-state index contributed by atoms with van der Waals surface area (Å²) in [6.45, 7) is 12.2. The monoisotopic (exact) mass is 690 g/mol. The van der Waals surface area contributed by atoms with Gasteiger partial charge in [-0.05, 0) is 61.6 Å². The van der Waals surface area contributed by atoms with Crippen molar-refractivity contribution in [3.8, 4) is 0 Å². The van der Waals surface area contributed by atoms with Gasteiger partial charge >= 0.3 is 6.03 Å². The topological polar surface area (TPSA) is 79.4 Å². The van der Waals surface area contributed by atoms with Gasteiger partial charge in [-0.15, -0.1) is 11.8 Å². The minimum Gasteiger partial charge on any atom is -0.366 e. The quantitative estimate of drug-likeness (QED) is 0.369. The van der Waals surface area contributed by atoms with Crippen LogP contribution in [0.4, 0.5) is 20.6 Å². The maximum absolute atomic E-state index is 15.7. The van der Waals surface area contributed by atoms with Crippen LogP contribution in [0.25, 0.3) is 0 Å². The Bertz CT molecular complexity index is 1550. The third kappa shape index (κ3) is 7.58. The highest BCUT2D eigenvalue weighted by Crippen LogP contribution is 2.48. The number of rotatable bonds is 8. The summed E-state index contributed by atoms with van der Waals surface area (Å²) in [4.78, 5) is 51.4. The first kappa shape index (κ1) is 34.2. The molecule has 5 aliphatic rings. The number of hydrogen-bond acceptors (Lipinski definition) is 6. The number of para-hydroxylation sites is 2. The Balaban J connectivity index is 1.02. The van der Waals surface area contributed by atoms with Crippen LogP contribution in [-0.2, 0) is 16.0 Å². The molecule has 0 spiro atoms. The number of nitrogens with one attached hydrogen (secondary N) is 1. The van der Waals surface area contributed by atoms with Gasteiger partial charge in [0.2, 0.25) is 11.8 Å². The number of carbonyl (C=O) groups is 3. The minimum absolute atomic E-state index is 0.0186. The number of amides is 4. The largest absolute Gasteiger partial charge is 0.366 e. The predicted octanol–water partition coefficient (Wildman–Crippen LogP) is 5.96. The number of likely N-dealkylation sites (tertiary alicyclic amines) is 1. The van der Waals surface area contributed by atoms with Crippen molar-refractivity contribution in [3.63, 3.8) is 0 Å². The second-order valence-electron chi connectivity index (χ2n) is 15.6. The molecule has 4 fully saturated rings. The zero-order chi connectivity index (χ0) is 34.3. The molecule has 9 nitrogen and oxygen atoms in total. The summed E-state index contributed by atoms with van der Waals surface area (Å²) in [6.07, 6.45) is 5.68. The number of hydrogen-bond donors (Lipinski definition) is 1. The van der Waals surface area contributed by atoms with E-state index >= 15 is 4.39 Å². The molecule has 1 N–H and O–H groups in total. The van der Waals surface area contributed by atoms with Gasteiger partial charge in [-0.2, -0.15) is 0 Å². The van der Waals surface area contributed by atoms with Gasteiger partial charge in [-0.1, -0.05) is 51.1 Å². The molecule has 4 amide bonds. The molecule has 1 aliphatic carbocycles. The summed E-state index contributed by atoms with van der Waals surface area (Å²) >= 11 is 1.51. The van der Waals surface area contributed by atoms with Gasteiger partial charge in [0.25, 0.3) is 0 Å². The lowest BCUT2D eigenvalue weighted by Crippen LogP contribution is -2.50. The van der Waals surface area contributed by atoms with Gasteiger partial charge in [0.05, 0.1) is 10.9 Å². The molecule has 0 bridgehead atoms. The summed E-state index contributed by atoms with van der Waals surface area (Å²) in [7, 11) is 0. The van der Waals surface area contributed by atoms with E-state index in [2.05, 4.69) is 42.0 Å². The number of fused-ring (bicyclic) bond motifs is 1. The molecule has 4 aliphatic heterocycles. The number of piperidine rings is 1. The first-order valence-corrected chi connectivity index (χ1v) is 19.2. The highest BCUT2D eigenvalue weighted by Gasteiger charge is 2.45. The SMILES string of the molecule is CC(C)(C)CCN1C(=O)C(CC(=O)N2CCC(N3CCc4ccccc4NC3=O)CC2)SC1c1cccc(F)c1N1CCN(C2CC2)CC1. The number of thioether (sulfide) groups is 1. The van der Waals surface area contributed by atoms with E-state index in [4.69, 9.17) is 0 Å². The number of benzene rings is 2. The Labute approximate surface area is 294 Å². The van der Waals surface area contributed by atoms with Crippen LogP contribution >= 0.6 is 11.8 Å². The maximum atomic E-state index is 15.7. The smallest absolute Gasteiger partial charge is 0.322 e. The Morgan fingerprint density at radius 2 is 1.63 bits per heavy atom. The van der Waals surface area contributed by atoms with Crippen LogP contribution in [0.15, 0.2) is 42.5 Å². The Morgan fingerprint density at radius 3 is 2.35 bits per heavy atom. The van der Waals surface area contributed by atoms with Crippen molar-refractivity contribution in [2.24, 2.45) is 5.41 Å². The number of anilines is 2. The van der Waals surface area contributed by atoms with Crippen molar-refractivity contribution in [1.82, 2.24) is 19.6 Å². The summed E-state index contributed by atoms with van der Waals surface area (Å²) < 4.78 is 15.7. The summed E-state index contributed by atoms with van der Waals surface area (Å²) in [6, 6.07) is 13.9. The van der Waals surface area contributed by atoms with E-state index in [1.807, 2.05) is 39.0 Å². The lowest BCUT2D eigenvalue weighted by molar-refractivity contribution is -0.137. The molecule has 7 rings (SSSR count). The van der Waals surface area contributed by atoms with E-state index in [9.17, 15) is 14.4 Å². The standard InChI is InChI=1S/C38H51FN6O3S/c1-38(2,3)16-20-45-35(47)32(49-36(45)29-8-6-9-30(39)34(29)43-23-21-41(22-24-43)27-11-12-27)25-33(46)42-17-14-28(15-18-42)44-19-13-26-7-4-5-10-31(26)40-37(44)48/h4-10,27-28,32,36H,11-25H2,1-3H3,(H,40,48). The average molecular weight is 691 g/mol. The first-order chi connectivity index (χ1) is 23.6. The summed E-state index contributed by atoms with van der Waals surface area (Å²) in [5, 5.41) is 2.20. The molecule has 49 heavy (non-hydrogen) atoms.